The summed E-state index contributed by atoms with van der Waals surface area (Å²) in [6.45, 7) is 2.17. The number of carbonyl (C=O) groups excluding carboxylic acids is 1. The van der Waals surface area contributed by atoms with Crippen molar-refractivity contribution in [2.24, 2.45) is 0 Å². The van der Waals surface area contributed by atoms with Crippen LogP contribution in [0, 0.1) is 0 Å². The van der Waals surface area contributed by atoms with Crippen LogP contribution < -0.4 is 15.8 Å². The summed E-state index contributed by atoms with van der Waals surface area (Å²) in [5.41, 5.74) is 5.04. The van der Waals surface area contributed by atoms with Gasteiger partial charge in [-0.25, -0.2) is 23.9 Å². The highest BCUT2D eigenvalue weighted by molar-refractivity contribution is 9.12. The number of amides is 1. The zero-order valence-corrected chi connectivity index (χ0v) is 24.7. The fourth-order valence-electron chi connectivity index (χ4n) is 4.62. The predicted molar refractivity (Wildman–Crippen MR) is 146 cm³/mol. The summed E-state index contributed by atoms with van der Waals surface area (Å²) in [6, 6.07) is 1.08. The number of ether oxygens (including phenoxy) is 1. The van der Waals surface area contributed by atoms with Gasteiger partial charge < -0.3 is 15.8 Å². The van der Waals surface area contributed by atoms with E-state index < -0.39 is 35.4 Å². The molecule has 4 aromatic rings. The number of methoxy groups -OCH3 is 1. The molecule has 17 heteroatoms. The van der Waals surface area contributed by atoms with Gasteiger partial charge in [-0.15, -0.1) is 0 Å². The number of fused-ring (bicyclic) bond motifs is 1. The number of halogens is 6. The summed E-state index contributed by atoms with van der Waals surface area (Å²) in [4.78, 5) is 27.4. The van der Waals surface area contributed by atoms with Gasteiger partial charge >= 0.3 is 6.18 Å². The molecule has 40 heavy (non-hydrogen) atoms. The van der Waals surface area contributed by atoms with E-state index in [9.17, 15) is 18.0 Å². The molecule has 0 saturated carbocycles. The number of alkyl halides is 4. The van der Waals surface area contributed by atoms with E-state index in [1.54, 1.807) is 0 Å². The fraction of sp³-hybridized carbons (Fsp3) is 0.348. The largest absolute Gasteiger partial charge is 0.480 e. The van der Waals surface area contributed by atoms with Crippen LogP contribution in [0.1, 0.15) is 34.6 Å². The van der Waals surface area contributed by atoms with Gasteiger partial charge in [0.25, 0.3) is 5.91 Å². The molecule has 0 spiro atoms. The van der Waals surface area contributed by atoms with Crippen molar-refractivity contribution < 1.29 is 27.1 Å². The minimum atomic E-state index is -4.74. The maximum Gasteiger partial charge on any atom is 0.418 e. The topological polar surface area (TPSA) is 124 Å². The molecule has 1 unspecified atom stereocenters. The Kier molecular flexibility index (Phi) is 7.75. The molecule has 0 radical (unpaired) electrons. The number of thiazole rings is 1. The third-order valence-corrected chi connectivity index (χ3v) is 8.80. The van der Waals surface area contributed by atoms with E-state index in [0.717, 1.165) is 26.4 Å². The quantitative estimate of drug-likeness (QED) is 0.272. The van der Waals surface area contributed by atoms with Crippen LogP contribution in [-0.2, 0) is 6.18 Å². The van der Waals surface area contributed by atoms with Gasteiger partial charge in [0.05, 0.1) is 39.9 Å². The lowest BCUT2D eigenvalue weighted by molar-refractivity contribution is -0.136. The summed E-state index contributed by atoms with van der Waals surface area (Å²) in [5, 5.41) is 6.60. The third-order valence-electron chi connectivity index (χ3n) is 6.59. The molecule has 3 N–H and O–H groups in total. The number of nitrogens with zero attached hydrogens (tertiary/aromatic N) is 6. The standard InChI is InChI=1S/C23H20Br2F4N8O2S/c1-9(16-18(24)40-22(25)35-16)36-6-13(26)14(7-36)34-20(38)11-3-10(5-31-21(11)39-2)15-4-12(23(27,28)29)17-19(30)32-8-33-37(15)17/h3-5,8-9,13-14H,6-7H2,1-2H3,(H,34,38)(H2,30,32,33)/t9?,13-,14+/m0/s1. The minimum absolute atomic E-state index is 0.0233. The van der Waals surface area contributed by atoms with Crippen molar-refractivity contribution in [1.29, 1.82) is 0 Å². The summed E-state index contributed by atoms with van der Waals surface area (Å²) in [7, 11) is 1.29. The Labute approximate surface area is 245 Å². The third kappa shape index (κ3) is 5.26. The molecule has 3 atom stereocenters. The summed E-state index contributed by atoms with van der Waals surface area (Å²) in [6.07, 6.45) is -3.85. The first-order valence-electron chi connectivity index (χ1n) is 11.6. The van der Waals surface area contributed by atoms with Crippen LogP contribution in [0.15, 0.2) is 32.4 Å². The molecule has 5 heterocycles. The second kappa shape index (κ2) is 10.8. The zero-order valence-electron chi connectivity index (χ0n) is 20.7. The van der Waals surface area contributed by atoms with Crippen LogP contribution >= 0.6 is 43.2 Å². The van der Waals surface area contributed by atoms with Gasteiger partial charge in [0.2, 0.25) is 5.88 Å². The van der Waals surface area contributed by atoms with Gasteiger partial charge in [0, 0.05) is 24.8 Å². The van der Waals surface area contributed by atoms with E-state index >= 15 is 4.39 Å². The van der Waals surface area contributed by atoms with Gasteiger partial charge in [-0.05, 0) is 50.9 Å². The van der Waals surface area contributed by atoms with Crippen molar-refractivity contribution >= 4 is 60.4 Å². The molecule has 212 valence electrons. The normalized spacial score (nSPS) is 18.8. The number of nitrogens with two attached hydrogens (primary N) is 1. The van der Waals surface area contributed by atoms with Crippen LogP contribution in [0.25, 0.3) is 16.8 Å². The highest BCUT2D eigenvalue weighted by atomic mass is 79.9. The van der Waals surface area contributed by atoms with E-state index in [-0.39, 0.29) is 47.7 Å². The lowest BCUT2D eigenvalue weighted by atomic mass is 10.1. The summed E-state index contributed by atoms with van der Waals surface area (Å²) >= 11 is 8.23. The lowest BCUT2D eigenvalue weighted by Crippen LogP contribution is -2.41. The Morgan fingerprint density at radius 3 is 2.67 bits per heavy atom. The molecule has 1 amide bonds. The zero-order chi connectivity index (χ0) is 28.9. The van der Waals surface area contributed by atoms with Crippen LogP contribution in [-0.4, -0.2) is 67.8 Å². The molecular weight excluding hydrogens is 688 g/mol. The fourth-order valence-corrected chi connectivity index (χ4v) is 7.44. The molecule has 1 aliphatic heterocycles. The van der Waals surface area contributed by atoms with E-state index in [0.29, 0.717) is 3.92 Å². The highest BCUT2D eigenvalue weighted by Crippen LogP contribution is 2.39. The predicted octanol–water partition coefficient (Wildman–Crippen LogP) is 4.90. The number of nitrogen functional groups attached to an aromatic ring is 1. The monoisotopic (exact) mass is 706 g/mol. The van der Waals surface area contributed by atoms with Crippen molar-refractivity contribution in [3.63, 3.8) is 0 Å². The van der Waals surface area contributed by atoms with Crippen LogP contribution in [0.4, 0.5) is 23.4 Å². The molecule has 10 nitrogen and oxygen atoms in total. The Hall–Kier alpha value is -2.89. The van der Waals surface area contributed by atoms with Gasteiger partial charge in [-0.3, -0.25) is 9.69 Å². The maximum absolute atomic E-state index is 15.1. The number of carbonyl (C=O) groups is 1. The van der Waals surface area contributed by atoms with Gasteiger partial charge in [-0.1, -0.05) is 11.3 Å². The lowest BCUT2D eigenvalue weighted by Gasteiger charge is -2.23. The van der Waals surface area contributed by atoms with Crippen LogP contribution in [0.5, 0.6) is 5.88 Å². The molecule has 5 rings (SSSR count). The first-order chi connectivity index (χ1) is 18.9. The molecule has 1 saturated heterocycles. The average Bonchev–Trinajstić information content (AvgIpc) is 3.58. The molecule has 1 fully saturated rings. The van der Waals surface area contributed by atoms with E-state index in [4.69, 9.17) is 10.5 Å². The summed E-state index contributed by atoms with van der Waals surface area (Å²) in [5.74, 6) is -1.14. The van der Waals surface area contributed by atoms with E-state index in [2.05, 4.69) is 57.2 Å². The Bertz CT molecular complexity index is 1600. The molecule has 1 aliphatic rings. The van der Waals surface area contributed by atoms with Gasteiger partial charge in [0.1, 0.15) is 23.6 Å². The first-order valence-corrected chi connectivity index (χ1v) is 14.0. The molecule has 0 bridgehead atoms. The SMILES string of the molecule is COc1ncc(-c2cc(C(F)(F)F)c3c(N)ncnn23)cc1C(=O)N[C@@H]1CN(C(C)c2nc(Br)sc2Br)C[C@@H]1F. The first kappa shape index (κ1) is 28.6. The van der Waals surface area contributed by atoms with Crippen molar-refractivity contribution in [2.75, 3.05) is 25.9 Å². The number of pyridine rings is 1. The number of likely N-dealkylation sites (tertiary alicyclic amines) is 1. The second-order valence-electron chi connectivity index (χ2n) is 8.98. The number of aromatic nitrogens is 5. The Morgan fingerprint density at radius 1 is 1.27 bits per heavy atom. The number of rotatable bonds is 6. The Balaban J connectivity index is 1.43. The van der Waals surface area contributed by atoms with Crippen LogP contribution in [0.2, 0.25) is 0 Å². The van der Waals surface area contributed by atoms with E-state index in [1.165, 1.54) is 30.7 Å². The number of nitrogens with one attached hydrogen (secondary N) is 1. The minimum Gasteiger partial charge on any atom is -0.480 e. The molecule has 4 aromatic heterocycles. The van der Waals surface area contributed by atoms with Gasteiger partial charge in [0.15, 0.2) is 9.73 Å². The number of anilines is 1. The summed E-state index contributed by atoms with van der Waals surface area (Å²) < 4.78 is 64.1. The molecule has 0 aromatic carbocycles. The second-order valence-corrected chi connectivity index (χ2v) is 12.6. The molecular formula is C23H20Br2F4N8O2S. The molecule has 0 aliphatic carbocycles. The maximum atomic E-state index is 15.1. The van der Waals surface area contributed by atoms with Crippen molar-refractivity contribution in [3.05, 3.63) is 49.2 Å². The number of hydrogen-bond donors (Lipinski definition) is 2. The van der Waals surface area contributed by atoms with E-state index in [1.807, 2.05) is 11.8 Å². The smallest absolute Gasteiger partial charge is 0.418 e. The average molecular weight is 708 g/mol. The van der Waals surface area contributed by atoms with Crippen molar-refractivity contribution in [3.8, 4) is 17.1 Å². The Morgan fingerprint density at radius 2 is 2.02 bits per heavy atom. The number of hydrogen-bond acceptors (Lipinski definition) is 9. The van der Waals surface area contributed by atoms with Gasteiger partial charge in [-0.2, -0.15) is 18.3 Å². The van der Waals surface area contributed by atoms with Crippen molar-refractivity contribution in [2.45, 2.75) is 31.4 Å². The van der Waals surface area contributed by atoms with Crippen molar-refractivity contribution in [1.82, 2.24) is 34.8 Å². The highest BCUT2D eigenvalue weighted by Gasteiger charge is 2.39. The van der Waals surface area contributed by atoms with Crippen LogP contribution in [0.3, 0.4) is 0 Å².